The summed E-state index contributed by atoms with van der Waals surface area (Å²) in [5, 5.41) is 13.1. The summed E-state index contributed by atoms with van der Waals surface area (Å²) in [6.07, 6.45) is 0. The number of ether oxygens (including phenoxy) is 4. The second-order valence-corrected chi connectivity index (χ2v) is 8.56. The Morgan fingerprint density at radius 2 is 1.64 bits per heavy atom. The molecule has 3 aliphatic rings. The van der Waals surface area contributed by atoms with Crippen LogP contribution in [-0.4, -0.2) is 36.8 Å². The highest BCUT2D eigenvalue weighted by Gasteiger charge is 2.47. The summed E-state index contributed by atoms with van der Waals surface area (Å²) in [5.74, 6) is 0.332. The number of carbonyl (C=O) groups is 2. The SMILES string of the molecule is O=C1C(=O)N(c2ccc3c(c2)OCO3)C(c2cccs2)/C1=C(/O)c1ccc2c(c1)OCCO2. The predicted octanol–water partition coefficient (Wildman–Crippen LogP) is 3.87. The summed E-state index contributed by atoms with van der Waals surface area (Å²) < 4.78 is 22.0. The Bertz CT molecular complexity index is 1310. The molecule has 0 saturated carbocycles. The number of rotatable bonds is 3. The number of Topliss-reactive ketones (excluding diaryl/α,β-unsaturated/α-hetero) is 1. The van der Waals surface area contributed by atoms with Crippen LogP contribution in [0.3, 0.4) is 0 Å². The summed E-state index contributed by atoms with van der Waals surface area (Å²) in [5.41, 5.74) is 0.849. The van der Waals surface area contributed by atoms with E-state index in [2.05, 4.69) is 0 Å². The van der Waals surface area contributed by atoms with Crippen molar-refractivity contribution in [3.8, 4) is 23.0 Å². The molecule has 1 N–H and O–H groups in total. The first kappa shape index (κ1) is 19.7. The van der Waals surface area contributed by atoms with E-state index in [4.69, 9.17) is 18.9 Å². The van der Waals surface area contributed by atoms with Crippen LogP contribution in [0.1, 0.15) is 16.5 Å². The molecule has 1 amide bonds. The van der Waals surface area contributed by atoms with Gasteiger partial charge in [0.05, 0.1) is 5.57 Å². The van der Waals surface area contributed by atoms with Crippen molar-refractivity contribution in [2.24, 2.45) is 0 Å². The number of hydrogen-bond donors (Lipinski definition) is 1. The van der Waals surface area contributed by atoms with Crippen molar-refractivity contribution in [1.29, 1.82) is 0 Å². The first-order valence-electron chi connectivity index (χ1n) is 10.3. The highest BCUT2D eigenvalue weighted by atomic mass is 32.1. The Kier molecular flexibility index (Phi) is 4.51. The molecule has 166 valence electrons. The second-order valence-electron chi connectivity index (χ2n) is 7.58. The van der Waals surface area contributed by atoms with E-state index in [1.54, 1.807) is 36.4 Å². The zero-order valence-corrected chi connectivity index (χ0v) is 18.0. The molecule has 1 fully saturated rings. The summed E-state index contributed by atoms with van der Waals surface area (Å²) in [4.78, 5) is 28.6. The number of nitrogens with zero attached hydrogens (tertiary/aromatic N) is 1. The minimum atomic E-state index is -0.793. The standard InChI is InChI=1S/C24H17NO7S/c26-22(13-3-5-15-17(10-13)30-8-7-29-15)20-21(19-2-1-9-33-19)25(24(28)23(20)27)14-4-6-16-18(11-14)32-12-31-16/h1-6,9-11,21,26H,7-8,12H2/b22-20-. The molecule has 3 aliphatic heterocycles. The van der Waals surface area contributed by atoms with Gasteiger partial charge in [-0.2, -0.15) is 0 Å². The molecular formula is C24H17NO7S. The van der Waals surface area contributed by atoms with Gasteiger partial charge in [-0.15, -0.1) is 11.3 Å². The van der Waals surface area contributed by atoms with E-state index in [1.165, 1.54) is 16.2 Å². The van der Waals surface area contributed by atoms with E-state index < -0.39 is 17.7 Å². The Morgan fingerprint density at radius 3 is 2.45 bits per heavy atom. The van der Waals surface area contributed by atoms with Gasteiger partial charge in [-0.05, 0) is 41.8 Å². The zero-order chi connectivity index (χ0) is 22.5. The molecule has 0 spiro atoms. The zero-order valence-electron chi connectivity index (χ0n) is 17.1. The largest absolute Gasteiger partial charge is 0.507 e. The van der Waals surface area contributed by atoms with Crippen molar-refractivity contribution < 1.29 is 33.6 Å². The lowest BCUT2D eigenvalue weighted by molar-refractivity contribution is -0.132. The average molecular weight is 463 g/mol. The van der Waals surface area contributed by atoms with E-state index in [1.807, 2.05) is 17.5 Å². The lowest BCUT2D eigenvalue weighted by atomic mass is 9.99. The number of amides is 1. The number of carbonyl (C=O) groups excluding carboxylic acids is 2. The number of fused-ring (bicyclic) bond motifs is 2. The Hall–Kier alpha value is -3.98. The van der Waals surface area contributed by atoms with Crippen molar-refractivity contribution in [1.82, 2.24) is 0 Å². The van der Waals surface area contributed by atoms with Crippen LogP contribution in [0.25, 0.3) is 5.76 Å². The summed E-state index contributed by atoms with van der Waals surface area (Å²) in [6.45, 7) is 0.925. The molecule has 1 atom stereocenters. The highest BCUT2D eigenvalue weighted by Crippen LogP contribution is 2.46. The van der Waals surface area contributed by atoms with E-state index >= 15 is 0 Å². The van der Waals surface area contributed by atoms with E-state index in [0.29, 0.717) is 47.5 Å². The third-order valence-electron chi connectivity index (χ3n) is 5.71. The predicted molar refractivity (Wildman–Crippen MR) is 119 cm³/mol. The van der Waals surface area contributed by atoms with Gasteiger partial charge in [-0.25, -0.2) is 0 Å². The molecule has 3 aromatic rings. The number of ketones is 1. The molecule has 0 radical (unpaired) electrons. The van der Waals surface area contributed by atoms with Crippen LogP contribution >= 0.6 is 11.3 Å². The topological polar surface area (TPSA) is 94.5 Å². The van der Waals surface area contributed by atoms with E-state index in [-0.39, 0.29) is 18.1 Å². The monoisotopic (exact) mass is 463 g/mol. The van der Waals surface area contributed by atoms with Crippen LogP contribution in [0.5, 0.6) is 23.0 Å². The maximum atomic E-state index is 13.2. The van der Waals surface area contributed by atoms with E-state index in [9.17, 15) is 14.7 Å². The van der Waals surface area contributed by atoms with Gasteiger partial charge in [0, 0.05) is 22.2 Å². The second kappa shape index (κ2) is 7.56. The first-order valence-corrected chi connectivity index (χ1v) is 11.1. The number of benzene rings is 2. The van der Waals surface area contributed by atoms with Crippen LogP contribution in [0.15, 0.2) is 59.5 Å². The number of hydrogen-bond acceptors (Lipinski definition) is 8. The lowest BCUT2D eigenvalue weighted by Crippen LogP contribution is -2.29. The number of thiophene rings is 1. The third-order valence-corrected chi connectivity index (χ3v) is 6.63. The van der Waals surface area contributed by atoms with Gasteiger partial charge >= 0.3 is 0 Å². The molecule has 8 nitrogen and oxygen atoms in total. The fraction of sp³-hybridized carbons (Fsp3) is 0.167. The van der Waals surface area contributed by atoms with Gasteiger partial charge in [-0.1, -0.05) is 6.07 Å². The van der Waals surface area contributed by atoms with E-state index in [0.717, 1.165) is 4.88 Å². The van der Waals surface area contributed by atoms with Crippen molar-refractivity contribution in [2.45, 2.75) is 6.04 Å². The minimum Gasteiger partial charge on any atom is -0.507 e. The van der Waals surface area contributed by atoms with Gasteiger partial charge < -0.3 is 24.1 Å². The maximum Gasteiger partial charge on any atom is 0.300 e. The van der Waals surface area contributed by atoms with Crippen molar-refractivity contribution in [3.63, 3.8) is 0 Å². The fourth-order valence-corrected chi connectivity index (χ4v) is 5.02. The van der Waals surface area contributed by atoms with Crippen molar-refractivity contribution in [3.05, 3.63) is 69.9 Å². The molecule has 6 rings (SSSR count). The molecule has 1 saturated heterocycles. The van der Waals surface area contributed by atoms with Gasteiger partial charge in [-0.3, -0.25) is 14.5 Å². The maximum absolute atomic E-state index is 13.2. The van der Waals surface area contributed by atoms with Gasteiger partial charge in [0.1, 0.15) is 25.0 Å². The van der Waals surface area contributed by atoms with Crippen molar-refractivity contribution >= 4 is 34.5 Å². The number of aliphatic hydroxyl groups is 1. The summed E-state index contributed by atoms with van der Waals surface area (Å²) >= 11 is 1.40. The molecule has 0 aliphatic carbocycles. The first-order chi connectivity index (χ1) is 16.1. The molecule has 0 bridgehead atoms. The van der Waals surface area contributed by atoms with Crippen LogP contribution in [0.2, 0.25) is 0 Å². The van der Waals surface area contributed by atoms with Gasteiger partial charge in [0.2, 0.25) is 6.79 Å². The fourth-order valence-electron chi connectivity index (χ4n) is 4.20. The number of anilines is 1. The molecule has 9 heteroatoms. The van der Waals surface area contributed by atoms with Crippen LogP contribution in [0, 0.1) is 0 Å². The summed E-state index contributed by atoms with van der Waals surface area (Å²) in [6, 6.07) is 12.9. The van der Waals surface area contributed by atoms with Crippen molar-refractivity contribution in [2.75, 3.05) is 24.9 Å². The quantitative estimate of drug-likeness (QED) is 0.358. The Labute approximate surface area is 192 Å². The molecule has 33 heavy (non-hydrogen) atoms. The van der Waals surface area contributed by atoms with Crippen LogP contribution in [-0.2, 0) is 9.59 Å². The minimum absolute atomic E-state index is 0.0109. The van der Waals surface area contributed by atoms with Gasteiger partial charge in [0.15, 0.2) is 23.0 Å². The highest BCUT2D eigenvalue weighted by molar-refractivity contribution is 7.10. The molecule has 1 unspecified atom stereocenters. The molecular weight excluding hydrogens is 446 g/mol. The number of aliphatic hydroxyl groups excluding tert-OH is 1. The average Bonchev–Trinajstić information content (AvgIpc) is 3.58. The Morgan fingerprint density at radius 1 is 0.909 bits per heavy atom. The van der Waals surface area contributed by atoms with Gasteiger partial charge in [0.25, 0.3) is 11.7 Å². The Balaban J connectivity index is 1.50. The lowest BCUT2D eigenvalue weighted by Gasteiger charge is -2.24. The molecule has 2 aromatic carbocycles. The normalized spacial score (nSPS) is 20.4. The smallest absolute Gasteiger partial charge is 0.300 e. The van der Waals surface area contributed by atoms with Crippen LogP contribution in [0.4, 0.5) is 5.69 Å². The molecule has 4 heterocycles. The summed E-state index contributed by atoms with van der Waals surface area (Å²) in [7, 11) is 0. The van der Waals surface area contributed by atoms with Crippen LogP contribution < -0.4 is 23.8 Å². The molecule has 1 aromatic heterocycles. The third kappa shape index (κ3) is 3.12.